The fourth-order valence-corrected chi connectivity index (χ4v) is 2.49. The van der Waals surface area contributed by atoms with Crippen LogP contribution in [0.1, 0.15) is 5.56 Å². The first-order valence-electron chi connectivity index (χ1n) is 6.31. The van der Waals surface area contributed by atoms with Gasteiger partial charge in [0, 0.05) is 15.7 Å². The first-order chi connectivity index (χ1) is 11.0. The molecule has 0 radical (unpaired) electrons. The van der Waals surface area contributed by atoms with E-state index in [1.54, 1.807) is 42.5 Å². The standard InChI is InChI=1S/C15H10BrCl2N3O2/c16-9-3-1-4-10(7-9)20-14(22)15(23)21-19-8-11-12(17)5-2-6-13(11)18/h1-8H,(H,20,22)(H,21,23)/b19-8-. The number of hydrazone groups is 1. The first-order valence-corrected chi connectivity index (χ1v) is 7.86. The third kappa shape index (κ3) is 5.06. The maximum absolute atomic E-state index is 11.7. The van der Waals surface area contributed by atoms with E-state index in [9.17, 15) is 9.59 Å². The van der Waals surface area contributed by atoms with Crippen LogP contribution in [0.2, 0.25) is 10.0 Å². The highest BCUT2D eigenvalue weighted by molar-refractivity contribution is 9.10. The monoisotopic (exact) mass is 413 g/mol. The number of anilines is 1. The van der Waals surface area contributed by atoms with Gasteiger partial charge in [-0.3, -0.25) is 9.59 Å². The molecule has 0 aliphatic rings. The zero-order chi connectivity index (χ0) is 16.8. The number of hydrogen-bond donors (Lipinski definition) is 2. The van der Waals surface area contributed by atoms with Crippen LogP contribution in [0.15, 0.2) is 52.0 Å². The second-order valence-electron chi connectivity index (χ2n) is 4.30. The van der Waals surface area contributed by atoms with Gasteiger partial charge in [0.05, 0.1) is 16.3 Å². The molecule has 0 fully saturated rings. The molecule has 0 saturated heterocycles. The lowest BCUT2D eigenvalue weighted by Gasteiger charge is -2.04. The molecule has 23 heavy (non-hydrogen) atoms. The number of halogens is 3. The van der Waals surface area contributed by atoms with E-state index in [0.717, 1.165) is 4.47 Å². The Morgan fingerprint density at radius 1 is 1.04 bits per heavy atom. The van der Waals surface area contributed by atoms with Gasteiger partial charge in [0.25, 0.3) is 0 Å². The van der Waals surface area contributed by atoms with E-state index in [0.29, 0.717) is 21.3 Å². The molecule has 5 nitrogen and oxygen atoms in total. The zero-order valence-corrected chi connectivity index (χ0v) is 14.6. The molecule has 0 aliphatic carbocycles. The molecular formula is C15H10BrCl2N3O2. The average Bonchev–Trinajstić information content (AvgIpc) is 2.50. The molecule has 0 saturated carbocycles. The highest BCUT2D eigenvalue weighted by Crippen LogP contribution is 2.22. The maximum Gasteiger partial charge on any atom is 0.329 e. The minimum Gasteiger partial charge on any atom is -0.318 e. The van der Waals surface area contributed by atoms with Crippen molar-refractivity contribution in [2.24, 2.45) is 5.10 Å². The van der Waals surface area contributed by atoms with Crippen molar-refractivity contribution in [3.8, 4) is 0 Å². The number of hydrogen-bond acceptors (Lipinski definition) is 3. The number of carbonyl (C=O) groups excluding carboxylic acids is 2. The van der Waals surface area contributed by atoms with Gasteiger partial charge in [-0.2, -0.15) is 5.10 Å². The highest BCUT2D eigenvalue weighted by atomic mass is 79.9. The van der Waals surface area contributed by atoms with E-state index in [1.807, 2.05) is 0 Å². The summed E-state index contributed by atoms with van der Waals surface area (Å²) in [5, 5.41) is 6.89. The number of benzene rings is 2. The number of rotatable bonds is 3. The lowest BCUT2D eigenvalue weighted by atomic mass is 10.2. The Morgan fingerprint density at radius 3 is 2.35 bits per heavy atom. The van der Waals surface area contributed by atoms with E-state index < -0.39 is 11.8 Å². The summed E-state index contributed by atoms with van der Waals surface area (Å²) in [6.07, 6.45) is 1.27. The molecule has 2 aromatic rings. The summed E-state index contributed by atoms with van der Waals surface area (Å²) in [6.45, 7) is 0. The summed E-state index contributed by atoms with van der Waals surface area (Å²) >= 11 is 15.2. The van der Waals surface area contributed by atoms with Crippen molar-refractivity contribution < 1.29 is 9.59 Å². The van der Waals surface area contributed by atoms with Gasteiger partial charge in [-0.15, -0.1) is 0 Å². The Labute approximate surface area is 150 Å². The number of nitrogens with one attached hydrogen (secondary N) is 2. The van der Waals surface area contributed by atoms with Gasteiger partial charge in [-0.05, 0) is 30.3 Å². The topological polar surface area (TPSA) is 70.6 Å². The minimum absolute atomic E-state index is 0.383. The quantitative estimate of drug-likeness (QED) is 0.455. The van der Waals surface area contributed by atoms with Crippen LogP contribution in [0.25, 0.3) is 0 Å². The Morgan fingerprint density at radius 2 is 1.70 bits per heavy atom. The van der Waals surface area contributed by atoms with E-state index in [-0.39, 0.29) is 0 Å². The molecule has 0 aromatic heterocycles. The predicted octanol–water partition coefficient (Wildman–Crippen LogP) is 3.84. The summed E-state index contributed by atoms with van der Waals surface area (Å²) < 4.78 is 0.780. The predicted molar refractivity (Wildman–Crippen MR) is 95.0 cm³/mol. The van der Waals surface area contributed by atoms with E-state index in [1.165, 1.54) is 6.21 Å². The van der Waals surface area contributed by atoms with Crippen LogP contribution in [-0.4, -0.2) is 18.0 Å². The van der Waals surface area contributed by atoms with Gasteiger partial charge >= 0.3 is 11.8 Å². The van der Waals surface area contributed by atoms with E-state index in [4.69, 9.17) is 23.2 Å². The SMILES string of the molecule is O=C(N/N=C\c1c(Cl)cccc1Cl)C(=O)Nc1cccc(Br)c1. The summed E-state index contributed by atoms with van der Waals surface area (Å²) in [7, 11) is 0. The first kappa shape index (κ1) is 17.5. The molecule has 2 amide bonds. The molecule has 0 heterocycles. The fourth-order valence-electron chi connectivity index (χ4n) is 1.59. The van der Waals surface area contributed by atoms with Gasteiger partial charge in [0.2, 0.25) is 0 Å². The lowest BCUT2D eigenvalue weighted by molar-refractivity contribution is -0.136. The highest BCUT2D eigenvalue weighted by Gasteiger charge is 2.13. The van der Waals surface area contributed by atoms with Crippen LogP contribution >= 0.6 is 39.1 Å². The number of nitrogens with zero attached hydrogens (tertiary/aromatic N) is 1. The molecule has 2 aromatic carbocycles. The Bertz CT molecular complexity index is 761. The van der Waals surface area contributed by atoms with E-state index in [2.05, 4.69) is 31.8 Å². The fraction of sp³-hybridized carbons (Fsp3) is 0. The lowest BCUT2D eigenvalue weighted by Crippen LogP contribution is -2.32. The van der Waals surface area contributed by atoms with Crippen molar-refractivity contribution in [3.63, 3.8) is 0 Å². The van der Waals surface area contributed by atoms with Crippen LogP contribution in [0.4, 0.5) is 5.69 Å². The maximum atomic E-state index is 11.7. The van der Waals surface area contributed by atoms with Crippen molar-refractivity contribution in [3.05, 3.63) is 62.5 Å². The molecule has 118 valence electrons. The molecule has 0 spiro atoms. The normalized spacial score (nSPS) is 10.6. The van der Waals surface area contributed by atoms with Crippen molar-refractivity contribution >= 4 is 62.8 Å². The molecular weight excluding hydrogens is 405 g/mol. The van der Waals surface area contributed by atoms with Crippen LogP contribution in [0, 0.1) is 0 Å². The van der Waals surface area contributed by atoms with E-state index >= 15 is 0 Å². The average molecular weight is 415 g/mol. The molecule has 8 heteroatoms. The Balaban J connectivity index is 1.96. The molecule has 2 N–H and O–H groups in total. The summed E-state index contributed by atoms with van der Waals surface area (Å²) in [6, 6.07) is 11.8. The number of amides is 2. The van der Waals surface area contributed by atoms with Gasteiger partial charge in [0.1, 0.15) is 0 Å². The second kappa shape index (κ2) is 8.10. The largest absolute Gasteiger partial charge is 0.329 e. The second-order valence-corrected chi connectivity index (χ2v) is 6.03. The van der Waals surface area contributed by atoms with Gasteiger partial charge in [-0.1, -0.05) is 51.3 Å². The third-order valence-electron chi connectivity index (χ3n) is 2.65. The van der Waals surface area contributed by atoms with Gasteiger partial charge in [-0.25, -0.2) is 5.43 Å². The Kier molecular flexibility index (Phi) is 6.15. The van der Waals surface area contributed by atoms with Crippen molar-refractivity contribution in [2.45, 2.75) is 0 Å². The van der Waals surface area contributed by atoms with Crippen LogP contribution in [-0.2, 0) is 9.59 Å². The summed E-state index contributed by atoms with van der Waals surface area (Å²) in [5.74, 6) is -1.75. The third-order valence-corrected chi connectivity index (χ3v) is 3.80. The molecule has 0 atom stereocenters. The molecule has 2 rings (SSSR count). The smallest absolute Gasteiger partial charge is 0.318 e. The van der Waals surface area contributed by atoms with Gasteiger partial charge in [0.15, 0.2) is 0 Å². The summed E-state index contributed by atoms with van der Waals surface area (Å²) in [4.78, 5) is 23.4. The van der Waals surface area contributed by atoms with Crippen LogP contribution in [0.3, 0.4) is 0 Å². The summed E-state index contributed by atoms with van der Waals surface area (Å²) in [5.41, 5.74) is 3.04. The van der Waals surface area contributed by atoms with Crippen LogP contribution in [0.5, 0.6) is 0 Å². The minimum atomic E-state index is -0.913. The Hall–Kier alpha value is -1.89. The van der Waals surface area contributed by atoms with Crippen molar-refractivity contribution in [1.82, 2.24) is 5.43 Å². The number of carbonyl (C=O) groups is 2. The molecule has 0 unspecified atom stereocenters. The van der Waals surface area contributed by atoms with Crippen molar-refractivity contribution in [1.29, 1.82) is 0 Å². The molecule has 0 aliphatic heterocycles. The van der Waals surface area contributed by atoms with Crippen LogP contribution < -0.4 is 10.7 Å². The zero-order valence-electron chi connectivity index (χ0n) is 11.5. The van der Waals surface area contributed by atoms with Gasteiger partial charge < -0.3 is 5.32 Å². The molecule has 0 bridgehead atoms. The van der Waals surface area contributed by atoms with Crippen molar-refractivity contribution in [2.75, 3.05) is 5.32 Å².